The quantitative estimate of drug-likeness (QED) is 0.871. The van der Waals surface area contributed by atoms with E-state index in [9.17, 15) is 0 Å². The van der Waals surface area contributed by atoms with Gasteiger partial charge in [-0.3, -0.25) is 0 Å². The van der Waals surface area contributed by atoms with Gasteiger partial charge >= 0.3 is 0 Å². The van der Waals surface area contributed by atoms with Crippen LogP contribution in [0.25, 0.3) is 0 Å². The lowest BCUT2D eigenvalue weighted by Gasteiger charge is -2.10. The summed E-state index contributed by atoms with van der Waals surface area (Å²) >= 11 is 3.49. The Labute approximate surface area is 93.2 Å². The molecule has 4 heteroatoms. The van der Waals surface area contributed by atoms with Gasteiger partial charge in [0.25, 0.3) is 0 Å². The number of nitrogens with zero attached hydrogens (tertiary/aromatic N) is 1. The number of hydrogen-bond acceptors (Lipinski definition) is 3. The van der Waals surface area contributed by atoms with Gasteiger partial charge in [0.2, 0.25) is 0 Å². The van der Waals surface area contributed by atoms with Crippen molar-refractivity contribution in [3.63, 3.8) is 0 Å². The predicted octanol–water partition coefficient (Wildman–Crippen LogP) is 2.30. The molecule has 0 radical (unpaired) electrons. The fourth-order valence-corrected chi connectivity index (χ4v) is 1.46. The molecule has 0 bridgehead atoms. The molecule has 0 saturated carbocycles. The summed E-state index contributed by atoms with van der Waals surface area (Å²) in [6, 6.07) is 2.20. The minimum atomic E-state index is 0.228. The van der Waals surface area contributed by atoms with Crippen LogP contribution in [0.5, 0.6) is 0 Å². The SMILES string of the molecule is Cc1ccnc(NCCC(C)N)c1Br. The van der Waals surface area contributed by atoms with Crippen LogP contribution in [0, 0.1) is 6.92 Å². The molecule has 1 aromatic heterocycles. The minimum absolute atomic E-state index is 0.228. The van der Waals surface area contributed by atoms with Crippen LogP contribution < -0.4 is 11.1 Å². The highest BCUT2D eigenvalue weighted by molar-refractivity contribution is 9.10. The summed E-state index contributed by atoms with van der Waals surface area (Å²) in [7, 11) is 0. The van der Waals surface area contributed by atoms with Gasteiger partial charge in [-0.15, -0.1) is 0 Å². The third kappa shape index (κ3) is 3.27. The maximum absolute atomic E-state index is 5.65. The molecule has 0 fully saturated rings. The van der Waals surface area contributed by atoms with Gasteiger partial charge in [-0.05, 0) is 47.8 Å². The second-order valence-corrected chi connectivity index (χ2v) is 4.28. The topological polar surface area (TPSA) is 50.9 Å². The smallest absolute Gasteiger partial charge is 0.140 e. The maximum atomic E-state index is 5.65. The van der Waals surface area contributed by atoms with E-state index in [1.165, 1.54) is 5.56 Å². The lowest BCUT2D eigenvalue weighted by molar-refractivity contribution is 0.689. The molecule has 1 rings (SSSR count). The molecule has 1 aromatic rings. The van der Waals surface area contributed by atoms with Crippen LogP contribution in [-0.2, 0) is 0 Å². The monoisotopic (exact) mass is 257 g/mol. The number of pyridine rings is 1. The molecule has 0 aromatic carbocycles. The second kappa shape index (κ2) is 5.32. The molecule has 0 aliphatic carbocycles. The van der Waals surface area contributed by atoms with Crippen molar-refractivity contribution in [3.05, 3.63) is 22.3 Å². The van der Waals surface area contributed by atoms with Gasteiger partial charge in [0.15, 0.2) is 0 Å². The maximum Gasteiger partial charge on any atom is 0.140 e. The first-order valence-corrected chi connectivity index (χ1v) is 5.51. The first-order chi connectivity index (χ1) is 6.61. The number of nitrogens with one attached hydrogen (secondary N) is 1. The third-order valence-corrected chi connectivity index (χ3v) is 2.98. The Hall–Kier alpha value is -0.610. The van der Waals surface area contributed by atoms with Gasteiger partial charge in [-0.1, -0.05) is 0 Å². The summed E-state index contributed by atoms with van der Waals surface area (Å²) in [5.74, 6) is 0.894. The van der Waals surface area contributed by atoms with Crippen LogP contribution in [0.3, 0.4) is 0 Å². The van der Waals surface area contributed by atoms with Crippen molar-refractivity contribution < 1.29 is 0 Å². The molecule has 3 N–H and O–H groups in total. The highest BCUT2D eigenvalue weighted by Gasteiger charge is 2.02. The number of nitrogens with two attached hydrogens (primary N) is 1. The molecule has 1 atom stereocenters. The zero-order valence-corrected chi connectivity index (χ0v) is 10.1. The molecular formula is C10H16BrN3. The van der Waals surface area contributed by atoms with Crippen LogP contribution in [0.1, 0.15) is 18.9 Å². The Morgan fingerprint density at radius 3 is 3.00 bits per heavy atom. The minimum Gasteiger partial charge on any atom is -0.369 e. The highest BCUT2D eigenvalue weighted by Crippen LogP contribution is 2.22. The number of aromatic nitrogens is 1. The molecule has 0 aliphatic rings. The van der Waals surface area contributed by atoms with E-state index in [1.807, 2.05) is 19.9 Å². The van der Waals surface area contributed by atoms with Crippen LogP contribution in [0.4, 0.5) is 5.82 Å². The van der Waals surface area contributed by atoms with Crippen LogP contribution in [0.15, 0.2) is 16.7 Å². The number of hydrogen-bond donors (Lipinski definition) is 2. The highest BCUT2D eigenvalue weighted by atomic mass is 79.9. The molecule has 0 aliphatic heterocycles. The first-order valence-electron chi connectivity index (χ1n) is 4.72. The van der Waals surface area contributed by atoms with Crippen molar-refractivity contribution in [2.75, 3.05) is 11.9 Å². The van der Waals surface area contributed by atoms with Gasteiger partial charge in [0, 0.05) is 18.8 Å². The summed E-state index contributed by atoms with van der Waals surface area (Å²) in [5.41, 5.74) is 6.84. The van der Waals surface area contributed by atoms with Gasteiger partial charge in [-0.25, -0.2) is 4.98 Å². The Balaban J connectivity index is 2.54. The second-order valence-electron chi connectivity index (χ2n) is 3.48. The van der Waals surface area contributed by atoms with Crippen molar-refractivity contribution in [2.24, 2.45) is 5.73 Å². The Morgan fingerprint density at radius 1 is 1.64 bits per heavy atom. The fraction of sp³-hybridized carbons (Fsp3) is 0.500. The van der Waals surface area contributed by atoms with E-state index >= 15 is 0 Å². The predicted molar refractivity (Wildman–Crippen MR) is 63.4 cm³/mol. The van der Waals surface area contributed by atoms with E-state index in [-0.39, 0.29) is 6.04 Å². The lowest BCUT2D eigenvalue weighted by Crippen LogP contribution is -2.19. The number of aryl methyl sites for hydroxylation is 1. The van der Waals surface area contributed by atoms with Crippen LogP contribution >= 0.6 is 15.9 Å². The third-order valence-electron chi connectivity index (χ3n) is 1.97. The molecule has 0 amide bonds. The summed E-state index contributed by atoms with van der Waals surface area (Å²) in [5, 5.41) is 3.25. The number of halogens is 1. The summed E-state index contributed by atoms with van der Waals surface area (Å²) < 4.78 is 1.03. The summed E-state index contributed by atoms with van der Waals surface area (Å²) in [4.78, 5) is 4.24. The normalized spacial score (nSPS) is 12.6. The summed E-state index contributed by atoms with van der Waals surface area (Å²) in [6.45, 7) is 4.90. The van der Waals surface area contributed by atoms with Crippen molar-refractivity contribution in [1.29, 1.82) is 0 Å². The average Bonchev–Trinajstić information content (AvgIpc) is 2.12. The molecule has 14 heavy (non-hydrogen) atoms. The first kappa shape index (κ1) is 11.5. The zero-order chi connectivity index (χ0) is 10.6. The average molecular weight is 258 g/mol. The molecule has 78 valence electrons. The van der Waals surface area contributed by atoms with Crippen molar-refractivity contribution >= 4 is 21.7 Å². The zero-order valence-electron chi connectivity index (χ0n) is 8.55. The van der Waals surface area contributed by atoms with E-state index in [4.69, 9.17) is 5.73 Å². The number of rotatable bonds is 4. The standard InChI is InChI=1S/C10H16BrN3/c1-7-3-5-13-10(9(7)11)14-6-4-8(2)12/h3,5,8H,4,6,12H2,1-2H3,(H,13,14). The number of anilines is 1. The fourth-order valence-electron chi connectivity index (χ4n) is 1.08. The molecule has 1 unspecified atom stereocenters. The Kier molecular flexibility index (Phi) is 4.35. The van der Waals surface area contributed by atoms with Gasteiger partial charge in [-0.2, -0.15) is 0 Å². The van der Waals surface area contributed by atoms with Crippen LogP contribution in [-0.4, -0.2) is 17.6 Å². The van der Waals surface area contributed by atoms with Crippen molar-refractivity contribution in [3.8, 4) is 0 Å². The molecule has 0 saturated heterocycles. The van der Waals surface area contributed by atoms with Crippen molar-refractivity contribution in [1.82, 2.24) is 4.98 Å². The summed E-state index contributed by atoms with van der Waals surface area (Å²) in [6.07, 6.45) is 2.75. The molecule has 1 heterocycles. The van der Waals surface area contributed by atoms with E-state index in [0.717, 1.165) is 23.3 Å². The largest absolute Gasteiger partial charge is 0.369 e. The molecule has 3 nitrogen and oxygen atoms in total. The van der Waals surface area contributed by atoms with Crippen molar-refractivity contribution in [2.45, 2.75) is 26.3 Å². The van der Waals surface area contributed by atoms with E-state index in [1.54, 1.807) is 6.20 Å². The Bertz CT molecular complexity index is 299. The molecular weight excluding hydrogens is 242 g/mol. The van der Waals surface area contributed by atoms with E-state index in [2.05, 4.69) is 26.2 Å². The van der Waals surface area contributed by atoms with E-state index in [0.29, 0.717) is 0 Å². The van der Waals surface area contributed by atoms with Gasteiger partial charge in [0.05, 0.1) is 4.47 Å². The van der Waals surface area contributed by atoms with Crippen LogP contribution in [0.2, 0.25) is 0 Å². The lowest BCUT2D eigenvalue weighted by atomic mass is 10.2. The molecule has 0 spiro atoms. The Morgan fingerprint density at radius 2 is 2.36 bits per heavy atom. The van der Waals surface area contributed by atoms with Gasteiger partial charge < -0.3 is 11.1 Å². The van der Waals surface area contributed by atoms with E-state index < -0.39 is 0 Å². The van der Waals surface area contributed by atoms with Gasteiger partial charge in [0.1, 0.15) is 5.82 Å².